The van der Waals surface area contributed by atoms with Crippen LogP contribution >= 0.6 is 11.8 Å². The molecule has 0 aliphatic carbocycles. The van der Waals surface area contributed by atoms with Crippen molar-refractivity contribution in [3.8, 4) is 11.1 Å². The van der Waals surface area contributed by atoms with E-state index in [1.807, 2.05) is 0 Å². The summed E-state index contributed by atoms with van der Waals surface area (Å²) in [6, 6.07) is 5.31. The highest BCUT2D eigenvalue weighted by molar-refractivity contribution is 8.18. The zero-order valence-electron chi connectivity index (χ0n) is 14.3. The number of hydrogen-bond donors (Lipinski definition) is 3. The first-order valence-electron chi connectivity index (χ1n) is 8.50. The van der Waals surface area contributed by atoms with Gasteiger partial charge in [-0.25, -0.2) is 0 Å². The predicted octanol–water partition coefficient (Wildman–Crippen LogP) is 1.17. The molecular weight excluding hydrogens is 366 g/mol. The predicted molar refractivity (Wildman–Crippen MR) is 104 cm³/mol. The lowest BCUT2D eigenvalue weighted by Gasteiger charge is -2.30. The number of imide groups is 1. The molecule has 0 aromatic carbocycles. The number of aromatic nitrogens is 2. The van der Waals surface area contributed by atoms with Crippen molar-refractivity contribution in [2.24, 2.45) is 0 Å². The molecule has 0 atom stereocenters. The SMILES string of the molecule is O=C1NC(=O)/C(=C\c2cc(-c3cccnc3)c(=O)[nH]c2N2CCNCC2)S1. The fraction of sp³-hybridized carbons (Fsp3) is 0.222. The van der Waals surface area contributed by atoms with Crippen molar-refractivity contribution in [1.29, 1.82) is 0 Å². The zero-order chi connectivity index (χ0) is 18.8. The number of nitrogens with zero attached hydrogens (tertiary/aromatic N) is 2. The number of anilines is 1. The van der Waals surface area contributed by atoms with E-state index < -0.39 is 11.1 Å². The second-order valence-electron chi connectivity index (χ2n) is 6.15. The van der Waals surface area contributed by atoms with Crippen molar-refractivity contribution in [2.75, 3.05) is 31.1 Å². The van der Waals surface area contributed by atoms with Gasteiger partial charge in [-0.1, -0.05) is 6.07 Å². The van der Waals surface area contributed by atoms with Crippen molar-refractivity contribution in [1.82, 2.24) is 20.6 Å². The molecule has 9 heteroatoms. The highest BCUT2D eigenvalue weighted by atomic mass is 32.2. The number of piperazine rings is 1. The molecule has 2 aromatic rings. The van der Waals surface area contributed by atoms with Gasteiger partial charge < -0.3 is 15.2 Å². The Hall–Kier alpha value is -2.91. The number of rotatable bonds is 3. The summed E-state index contributed by atoms with van der Waals surface area (Å²) >= 11 is 0.856. The largest absolute Gasteiger partial charge is 0.355 e. The van der Waals surface area contributed by atoms with E-state index in [2.05, 4.69) is 25.5 Å². The fourth-order valence-electron chi connectivity index (χ4n) is 3.10. The molecule has 2 aliphatic rings. The smallest absolute Gasteiger partial charge is 0.290 e. The molecule has 0 spiro atoms. The summed E-state index contributed by atoms with van der Waals surface area (Å²) in [4.78, 5) is 45.6. The molecule has 4 heterocycles. The molecular formula is C18H17N5O3S. The molecule has 0 bridgehead atoms. The van der Waals surface area contributed by atoms with Crippen LogP contribution in [0.25, 0.3) is 17.2 Å². The normalized spacial score (nSPS) is 18.8. The quantitative estimate of drug-likeness (QED) is 0.683. The van der Waals surface area contributed by atoms with Crippen molar-refractivity contribution in [3.63, 3.8) is 0 Å². The zero-order valence-corrected chi connectivity index (χ0v) is 15.1. The lowest BCUT2D eigenvalue weighted by molar-refractivity contribution is -0.115. The van der Waals surface area contributed by atoms with Gasteiger partial charge in [-0.15, -0.1) is 0 Å². The highest BCUT2D eigenvalue weighted by Crippen LogP contribution is 2.30. The van der Waals surface area contributed by atoms with Crippen LogP contribution in [0.5, 0.6) is 0 Å². The molecule has 0 saturated carbocycles. The second-order valence-corrected chi connectivity index (χ2v) is 7.16. The molecule has 8 nitrogen and oxygen atoms in total. The maximum atomic E-state index is 12.7. The van der Waals surface area contributed by atoms with Gasteiger partial charge in [0.05, 0.1) is 4.91 Å². The van der Waals surface area contributed by atoms with Gasteiger partial charge in [-0.3, -0.25) is 24.7 Å². The van der Waals surface area contributed by atoms with Gasteiger partial charge in [0.15, 0.2) is 0 Å². The molecule has 138 valence electrons. The number of H-pyrrole nitrogens is 1. The Morgan fingerprint density at radius 1 is 1.19 bits per heavy atom. The lowest BCUT2D eigenvalue weighted by Crippen LogP contribution is -2.44. The number of nitrogens with one attached hydrogen (secondary N) is 3. The van der Waals surface area contributed by atoms with Crippen molar-refractivity contribution < 1.29 is 9.59 Å². The van der Waals surface area contributed by atoms with Crippen LogP contribution < -0.4 is 21.1 Å². The third kappa shape index (κ3) is 3.64. The maximum Gasteiger partial charge on any atom is 0.290 e. The van der Waals surface area contributed by atoms with Crippen molar-refractivity contribution in [3.05, 3.63) is 51.4 Å². The van der Waals surface area contributed by atoms with Crippen LogP contribution in [-0.4, -0.2) is 47.3 Å². The average molecular weight is 383 g/mol. The summed E-state index contributed by atoms with van der Waals surface area (Å²) < 4.78 is 0. The monoisotopic (exact) mass is 383 g/mol. The van der Waals surface area contributed by atoms with E-state index in [0.717, 1.165) is 37.9 Å². The lowest BCUT2D eigenvalue weighted by atomic mass is 10.1. The Kier molecular flexibility index (Phi) is 4.78. The molecule has 4 rings (SSSR count). The van der Waals surface area contributed by atoms with Gasteiger partial charge >= 0.3 is 0 Å². The minimum Gasteiger partial charge on any atom is -0.355 e. The van der Waals surface area contributed by atoms with E-state index in [4.69, 9.17) is 0 Å². The Morgan fingerprint density at radius 3 is 2.67 bits per heavy atom. The summed E-state index contributed by atoms with van der Waals surface area (Å²) in [5, 5.41) is 5.13. The summed E-state index contributed by atoms with van der Waals surface area (Å²) in [6.45, 7) is 3.07. The second kappa shape index (κ2) is 7.37. The highest BCUT2D eigenvalue weighted by Gasteiger charge is 2.26. The van der Waals surface area contributed by atoms with Gasteiger partial charge in [0.1, 0.15) is 5.82 Å². The molecule has 2 aliphatic heterocycles. The third-order valence-electron chi connectivity index (χ3n) is 4.38. The average Bonchev–Trinajstić information content (AvgIpc) is 3.01. The third-order valence-corrected chi connectivity index (χ3v) is 5.19. The molecule has 2 saturated heterocycles. The molecule has 27 heavy (non-hydrogen) atoms. The Balaban J connectivity index is 1.84. The minimum atomic E-state index is -0.426. The number of hydrogen-bond acceptors (Lipinski definition) is 7. The van der Waals surface area contributed by atoms with E-state index in [1.165, 1.54) is 0 Å². The first kappa shape index (κ1) is 17.5. The van der Waals surface area contributed by atoms with Crippen molar-refractivity contribution in [2.45, 2.75) is 0 Å². The van der Waals surface area contributed by atoms with E-state index in [1.54, 1.807) is 36.7 Å². The summed E-state index contributed by atoms with van der Waals surface area (Å²) in [5.41, 5.74) is 1.61. The van der Waals surface area contributed by atoms with Gasteiger partial charge in [-0.05, 0) is 30.0 Å². The molecule has 2 aromatic heterocycles. The number of carbonyl (C=O) groups is 2. The molecule has 0 radical (unpaired) electrons. The minimum absolute atomic E-state index is 0.224. The Labute approximate surface area is 159 Å². The van der Waals surface area contributed by atoms with Gasteiger partial charge in [0.2, 0.25) is 0 Å². The number of amides is 2. The van der Waals surface area contributed by atoms with Crippen LogP contribution in [0.1, 0.15) is 5.56 Å². The van der Waals surface area contributed by atoms with Crippen LogP contribution in [0, 0.1) is 0 Å². The summed E-state index contributed by atoms with van der Waals surface area (Å²) in [7, 11) is 0. The Morgan fingerprint density at radius 2 is 2.00 bits per heavy atom. The summed E-state index contributed by atoms with van der Waals surface area (Å²) in [6.07, 6.45) is 4.91. The molecule has 3 N–H and O–H groups in total. The van der Waals surface area contributed by atoms with Crippen LogP contribution in [0.3, 0.4) is 0 Å². The Bertz CT molecular complexity index is 980. The van der Waals surface area contributed by atoms with E-state index in [-0.39, 0.29) is 5.56 Å². The van der Waals surface area contributed by atoms with Crippen molar-refractivity contribution >= 4 is 34.8 Å². The van der Waals surface area contributed by atoms with Crippen LogP contribution in [0.2, 0.25) is 0 Å². The fourth-order valence-corrected chi connectivity index (χ4v) is 3.77. The molecule has 0 unspecified atom stereocenters. The summed E-state index contributed by atoms with van der Waals surface area (Å²) in [5.74, 6) is 0.222. The number of thioether (sulfide) groups is 1. The van der Waals surface area contributed by atoms with Crippen LogP contribution in [0.4, 0.5) is 10.6 Å². The topological polar surface area (TPSA) is 107 Å². The van der Waals surface area contributed by atoms with Gasteiger partial charge in [0, 0.05) is 55.3 Å². The van der Waals surface area contributed by atoms with Gasteiger partial charge in [-0.2, -0.15) is 0 Å². The first-order chi connectivity index (χ1) is 13.1. The number of aromatic amines is 1. The number of pyridine rings is 2. The van der Waals surface area contributed by atoms with Gasteiger partial charge in [0.25, 0.3) is 16.7 Å². The van der Waals surface area contributed by atoms with E-state index >= 15 is 0 Å². The van der Waals surface area contributed by atoms with E-state index in [9.17, 15) is 14.4 Å². The van der Waals surface area contributed by atoms with Crippen LogP contribution in [0.15, 0.2) is 40.3 Å². The number of carbonyl (C=O) groups excluding carboxylic acids is 2. The standard InChI is InChI=1S/C18H17N5O3S/c24-16-13(11-2-1-3-20-10-11)8-12(9-14-17(25)22-18(26)27-14)15(21-16)23-6-4-19-5-7-23/h1-3,8-10,19H,4-7H2,(H,21,24)(H,22,25,26)/b14-9+. The van der Waals surface area contributed by atoms with E-state index in [0.29, 0.717) is 27.4 Å². The molecule has 2 fully saturated rings. The molecule has 2 amide bonds. The maximum absolute atomic E-state index is 12.7. The van der Waals surface area contributed by atoms with Crippen LogP contribution in [-0.2, 0) is 4.79 Å². The first-order valence-corrected chi connectivity index (χ1v) is 9.32.